The predicted molar refractivity (Wildman–Crippen MR) is 92.8 cm³/mol. The van der Waals surface area contributed by atoms with Crippen molar-refractivity contribution in [2.45, 2.75) is 51.5 Å². The fraction of sp³-hybridized carbons (Fsp3) is 0.450. The first kappa shape index (κ1) is 14.1. The summed E-state index contributed by atoms with van der Waals surface area (Å²) in [6.07, 6.45) is 12.7. The molecular weight excluding hydrogens is 298 g/mol. The summed E-state index contributed by atoms with van der Waals surface area (Å²) in [6.45, 7) is 2.22. The van der Waals surface area contributed by atoms with Gasteiger partial charge in [0.15, 0.2) is 0 Å². The summed E-state index contributed by atoms with van der Waals surface area (Å²) in [5.41, 5.74) is 5.83. The van der Waals surface area contributed by atoms with E-state index in [0.29, 0.717) is 12.0 Å². The van der Waals surface area contributed by atoms with E-state index in [1.165, 1.54) is 25.7 Å². The second kappa shape index (κ2) is 5.13. The molecule has 24 heavy (non-hydrogen) atoms. The van der Waals surface area contributed by atoms with E-state index in [2.05, 4.69) is 16.6 Å². The molecule has 1 atom stereocenters. The molecule has 0 N–H and O–H groups in total. The van der Waals surface area contributed by atoms with Crippen molar-refractivity contribution in [2.24, 2.45) is 5.92 Å². The van der Waals surface area contributed by atoms with Crippen LogP contribution in [0.2, 0.25) is 0 Å². The quantitative estimate of drug-likeness (QED) is 0.851. The molecule has 0 aromatic carbocycles. The highest BCUT2D eigenvalue weighted by Crippen LogP contribution is 2.45. The van der Waals surface area contributed by atoms with Crippen molar-refractivity contribution in [1.82, 2.24) is 14.8 Å². The predicted octanol–water partition coefficient (Wildman–Crippen LogP) is 4.22. The van der Waals surface area contributed by atoms with E-state index in [-0.39, 0.29) is 5.78 Å². The van der Waals surface area contributed by atoms with Crippen molar-refractivity contribution in [1.29, 1.82) is 0 Å². The number of carbonyl (C=O) groups is 1. The summed E-state index contributed by atoms with van der Waals surface area (Å²) in [6, 6.07) is 2.37. The van der Waals surface area contributed by atoms with Crippen LogP contribution in [0.4, 0.5) is 0 Å². The molecule has 3 aliphatic rings. The number of allylic oxidation sites excluding steroid dienone is 2. The molecule has 2 heterocycles. The monoisotopic (exact) mass is 319 g/mol. The Labute approximate surface area is 141 Å². The van der Waals surface area contributed by atoms with Crippen LogP contribution in [0, 0.1) is 5.92 Å². The maximum absolute atomic E-state index is 13.2. The summed E-state index contributed by atoms with van der Waals surface area (Å²) < 4.78 is 2.05. The van der Waals surface area contributed by atoms with Crippen LogP contribution in [0.15, 0.2) is 24.5 Å². The second-order valence-corrected chi connectivity index (χ2v) is 7.20. The van der Waals surface area contributed by atoms with Crippen molar-refractivity contribution < 1.29 is 4.79 Å². The van der Waals surface area contributed by atoms with Gasteiger partial charge in [-0.2, -0.15) is 5.10 Å². The van der Waals surface area contributed by atoms with Crippen LogP contribution in [-0.2, 0) is 6.42 Å². The topological polar surface area (TPSA) is 47.8 Å². The SMILES string of the molecule is CC[C@@H](C1CCCC1)n1ncc2c1C(=O)C1=CCc3nccc-2c31. The first-order valence-electron chi connectivity index (χ1n) is 9.10. The minimum Gasteiger partial charge on any atom is -0.287 e. The van der Waals surface area contributed by atoms with Gasteiger partial charge in [0.05, 0.1) is 17.9 Å². The summed E-state index contributed by atoms with van der Waals surface area (Å²) in [5, 5.41) is 4.70. The van der Waals surface area contributed by atoms with Crippen LogP contribution in [0.5, 0.6) is 0 Å². The zero-order valence-electron chi connectivity index (χ0n) is 14.0. The molecule has 0 spiro atoms. The van der Waals surface area contributed by atoms with Gasteiger partial charge in [-0.3, -0.25) is 14.5 Å². The molecule has 1 fully saturated rings. The zero-order valence-corrected chi connectivity index (χ0v) is 14.0. The molecule has 0 unspecified atom stereocenters. The molecule has 2 aromatic rings. The van der Waals surface area contributed by atoms with Gasteiger partial charge in [-0.25, -0.2) is 0 Å². The Hall–Kier alpha value is -2.23. The van der Waals surface area contributed by atoms with Gasteiger partial charge in [0.2, 0.25) is 5.78 Å². The Morgan fingerprint density at radius 2 is 2.12 bits per heavy atom. The van der Waals surface area contributed by atoms with Gasteiger partial charge >= 0.3 is 0 Å². The molecule has 0 bridgehead atoms. The average Bonchev–Trinajstić information content (AvgIpc) is 3.34. The van der Waals surface area contributed by atoms with Crippen molar-refractivity contribution in [2.75, 3.05) is 0 Å². The van der Waals surface area contributed by atoms with E-state index in [1.54, 1.807) is 0 Å². The van der Waals surface area contributed by atoms with Gasteiger partial charge in [0.1, 0.15) is 5.69 Å². The Kier molecular flexibility index (Phi) is 3.02. The standard InChI is InChI=1S/C20H21N3O/c1-2-17(12-5-3-4-6-12)23-19-15(11-22-23)13-9-10-21-16-8-7-14(18(13)16)20(19)24/h7,9-12,17H,2-6,8H2,1H3/t17-/m0/s1. The zero-order chi connectivity index (χ0) is 16.3. The molecule has 1 saturated carbocycles. The van der Waals surface area contributed by atoms with E-state index in [9.17, 15) is 4.79 Å². The van der Waals surface area contributed by atoms with Crippen molar-refractivity contribution in [3.8, 4) is 11.1 Å². The van der Waals surface area contributed by atoms with E-state index >= 15 is 0 Å². The van der Waals surface area contributed by atoms with Gasteiger partial charge in [0, 0.05) is 29.3 Å². The third-order valence-corrected chi connectivity index (χ3v) is 6.02. The summed E-state index contributed by atoms with van der Waals surface area (Å²) in [7, 11) is 0. The molecule has 0 aliphatic heterocycles. The van der Waals surface area contributed by atoms with Gasteiger partial charge in [0.25, 0.3) is 0 Å². The Balaban J connectivity index is 1.69. The third-order valence-electron chi connectivity index (χ3n) is 6.02. The first-order valence-corrected chi connectivity index (χ1v) is 9.10. The number of Topliss-reactive ketones (excluding diaryl/α,β-unsaturated/α-hetero) is 1. The van der Waals surface area contributed by atoms with Crippen LogP contribution in [0.1, 0.15) is 66.8 Å². The Morgan fingerprint density at radius 1 is 1.29 bits per heavy atom. The Morgan fingerprint density at radius 3 is 2.92 bits per heavy atom. The third kappa shape index (κ3) is 1.77. The van der Waals surface area contributed by atoms with E-state index in [0.717, 1.165) is 46.5 Å². The number of fused-ring (bicyclic) bond motifs is 2. The molecule has 122 valence electrons. The maximum atomic E-state index is 13.2. The van der Waals surface area contributed by atoms with Gasteiger partial charge < -0.3 is 0 Å². The number of nitrogens with zero attached hydrogens (tertiary/aromatic N) is 3. The molecular formula is C20H21N3O. The second-order valence-electron chi connectivity index (χ2n) is 7.20. The number of hydrogen-bond acceptors (Lipinski definition) is 3. The number of aromatic nitrogens is 3. The number of ketones is 1. The van der Waals surface area contributed by atoms with Crippen LogP contribution < -0.4 is 0 Å². The molecule has 0 radical (unpaired) electrons. The summed E-state index contributed by atoms with van der Waals surface area (Å²) in [4.78, 5) is 17.7. The maximum Gasteiger partial charge on any atom is 0.212 e. The number of carbonyl (C=O) groups excluding carboxylic acids is 1. The van der Waals surface area contributed by atoms with Gasteiger partial charge in [-0.15, -0.1) is 0 Å². The highest BCUT2D eigenvalue weighted by molar-refractivity contribution is 6.34. The molecule has 5 rings (SSSR count). The molecule has 4 nitrogen and oxygen atoms in total. The minimum absolute atomic E-state index is 0.137. The molecule has 3 aliphatic carbocycles. The lowest BCUT2D eigenvalue weighted by Gasteiger charge is -2.26. The molecule has 2 aromatic heterocycles. The minimum atomic E-state index is 0.137. The fourth-order valence-corrected chi connectivity index (χ4v) is 4.90. The largest absolute Gasteiger partial charge is 0.287 e. The Bertz CT molecular complexity index is 871. The van der Waals surface area contributed by atoms with Crippen molar-refractivity contribution >= 4 is 11.4 Å². The van der Waals surface area contributed by atoms with Crippen LogP contribution >= 0.6 is 0 Å². The first-order chi connectivity index (χ1) is 11.8. The average molecular weight is 319 g/mol. The van der Waals surface area contributed by atoms with Gasteiger partial charge in [-0.1, -0.05) is 25.8 Å². The summed E-state index contributed by atoms with van der Waals surface area (Å²) in [5.74, 6) is 0.789. The lowest BCUT2D eigenvalue weighted by molar-refractivity contribution is 0.104. The van der Waals surface area contributed by atoms with Crippen LogP contribution in [-0.4, -0.2) is 20.5 Å². The number of rotatable bonds is 3. The fourth-order valence-electron chi connectivity index (χ4n) is 4.90. The molecule has 0 amide bonds. The van der Waals surface area contributed by atoms with Crippen molar-refractivity contribution in [3.63, 3.8) is 0 Å². The lowest BCUT2D eigenvalue weighted by Crippen LogP contribution is -2.24. The van der Waals surface area contributed by atoms with Crippen LogP contribution in [0.25, 0.3) is 16.7 Å². The van der Waals surface area contributed by atoms with Crippen molar-refractivity contribution in [3.05, 3.63) is 41.5 Å². The normalized spacial score (nSPS) is 20.0. The highest BCUT2D eigenvalue weighted by Gasteiger charge is 2.37. The number of hydrogen-bond donors (Lipinski definition) is 0. The summed E-state index contributed by atoms with van der Waals surface area (Å²) >= 11 is 0. The van der Waals surface area contributed by atoms with E-state index in [4.69, 9.17) is 5.10 Å². The lowest BCUT2D eigenvalue weighted by atomic mass is 9.86. The number of pyridine rings is 1. The van der Waals surface area contributed by atoms with Crippen LogP contribution in [0.3, 0.4) is 0 Å². The smallest absolute Gasteiger partial charge is 0.212 e. The van der Waals surface area contributed by atoms with E-state index < -0.39 is 0 Å². The highest BCUT2D eigenvalue weighted by atomic mass is 16.1. The van der Waals surface area contributed by atoms with E-state index in [1.807, 2.05) is 24.5 Å². The molecule has 0 saturated heterocycles. The van der Waals surface area contributed by atoms with Gasteiger partial charge in [-0.05, 0) is 36.8 Å². The molecule has 4 heteroatoms.